The quantitative estimate of drug-likeness (QED) is 0.889. The van der Waals surface area contributed by atoms with Crippen LogP contribution in [0.25, 0.3) is 0 Å². The van der Waals surface area contributed by atoms with Gasteiger partial charge in [-0.2, -0.15) is 0 Å². The molecule has 3 heteroatoms. The molecule has 3 nitrogen and oxygen atoms in total. The minimum atomic E-state index is 0.137. The van der Waals surface area contributed by atoms with Gasteiger partial charge in [-0.25, -0.2) is 0 Å². The third-order valence-electron chi connectivity index (χ3n) is 4.58. The number of fused-ring (bicyclic) bond motifs is 1. The van der Waals surface area contributed by atoms with E-state index >= 15 is 0 Å². The highest BCUT2D eigenvalue weighted by molar-refractivity contribution is 5.44. The lowest BCUT2D eigenvalue weighted by Gasteiger charge is -2.22. The predicted molar refractivity (Wildman–Crippen MR) is 70.8 cm³/mol. The summed E-state index contributed by atoms with van der Waals surface area (Å²) in [6.07, 6.45) is 4.05. The molecular formula is C15H21NO2. The van der Waals surface area contributed by atoms with Gasteiger partial charge in [0.15, 0.2) is 11.5 Å². The zero-order valence-electron chi connectivity index (χ0n) is 11.1. The minimum absolute atomic E-state index is 0.137. The van der Waals surface area contributed by atoms with Gasteiger partial charge < -0.3 is 15.2 Å². The SMILES string of the molecule is COc1ccc(C(N)C2CC3CC3C2)cc1OC. The lowest BCUT2D eigenvalue weighted by Crippen LogP contribution is -2.20. The molecule has 0 bridgehead atoms. The van der Waals surface area contributed by atoms with E-state index in [1.54, 1.807) is 14.2 Å². The largest absolute Gasteiger partial charge is 0.493 e. The second-order valence-electron chi connectivity index (χ2n) is 5.63. The maximum Gasteiger partial charge on any atom is 0.161 e. The number of ether oxygens (including phenoxy) is 2. The van der Waals surface area contributed by atoms with Crippen molar-refractivity contribution in [1.29, 1.82) is 0 Å². The van der Waals surface area contributed by atoms with Crippen LogP contribution in [0.15, 0.2) is 18.2 Å². The van der Waals surface area contributed by atoms with Crippen LogP contribution in [0.3, 0.4) is 0 Å². The monoisotopic (exact) mass is 247 g/mol. The van der Waals surface area contributed by atoms with E-state index in [1.165, 1.54) is 24.8 Å². The van der Waals surface area contributed by atoms with Crippen molar-refractivity contribution >= 4 is 0 Å². The summed E-state index contributed by atoms with van der Waals surface area (Å²) in [5.74, 6) is 4.13. The van der Waals surface area contributed by atoms with Crippen LogP contribution < -0.4 is 15.2 Å². The Morgan fingerprint density at radius 1 is 1.06 bits per heavy atom. The van der Waals surface area contributed by atoms with Gasteiger partial charge in [0, 0.05) is 6.04 Å². The number of benzene rings is 1. The minimum Gasteiger partial charge on any atom is -0.493 e. The molecule has 2 aliphatic rings. The van der Waals surface area contributed by atoms with Crippen molar-refractivity contribution in [3.63, 3.8) is 0 Å². The van der Waals surface area contributed by atoms with E-state index in [1.807, 2.05) is 12.1 Å². The summed E-state index contributed by atoms with van der Waals surface area (Å²) < 4.78 is 10.6. The van der Waals surface area contributed by atoms with Gasteiger partial charge in [0.1, 0.15) is 0 Å². The van der Waals surface area contributed by atoms with Crippen LogP contribution >= 0.6 is 0 Å². The number of hydrogen-bond donors (Lipinski definition) is 1. The van der Waals surface area contributed by atoms with Crippen LogP contribution in [-0.2, 0) is 0 Å². The molecule has 98 valence electrons. The summed E-state index contributed by atoms with van der Waals surface area (Å²) in [6, 6.07) is 6.17. The summed E-state index contributed by atoms with van der Waals surface area (Å²) in [7, 11) is 3.32. The van der Waals surface area contributed by atoms with E-state index in [0.29, 0.717) is 5.92 Å². The van der Waals surface area contributed by atoms with Crippen molar-refractivity contribution in [3.8, 4) is 11.5 Å². The second kappa shape index (κ2) is 4.47. The van der Waals surface area contributed by atoms with Crippen molar-refractivity contribution in [2.75, 3.05) is 14.2 Å². The van der Waals surface area contributed by atoms with E-state index in [9.17, 15) is 0 Å². The summed E-state index contributed by atoms with van der Waals surface area (Å²) in [5, 5.41) is 0. The fourth-order valence-corrected chi connectivity index (χ4v) is 3.39. The van der Waals surface area contributed by atoms with E-state index in [2.05, 4.69) is 6.07 Å². The van der Waals surface area contributed by atoms with E-state index in [-0.39, 0.29) is 6.04 Å². The average molecular weight is 247 g/mol. The molecule has 3 rings (SSSR count). The van der Waals surface area contributed by atoms with Gasteiger partial charge in [-0.05, 0) is 54.7 Å². The Morgan fingerprint density at radius 2 is 1.72 bits per heavy atom. The van der Waals surface area contributed by atoms with Gasteiger partial charge in [0.2, 0.25) is 0 Å². The molecule has 2 fully saturated rings. The first-order chi connectivity index (χ1) is 8.72. The summed E-state index contributed by atoms with van der Waals surface area (Å²) >= 11 is 0. The molecule has 2 aliphatic carbocycles. The van der Waals surface area contributed by atoms with Crippen molar-refractivity contribution in [2.24, 2.45) is 23.5 Å². The maximum absolute atomic E-state index is 6.40. The average Bonchev–Trinajstić information content (AvgIpc) is 3.03. The van der Waals surface area contributed by atoms with Crippen LogP contribution in [-0.4, -0.2) is 14.2 Å². The fraction of sp³-hybridized carbons (Fsp3) is 0.600. The Hall–Kier alpha value is -1.22. The molecule has 0 saturated heterocycles. The molecular weight excluding hydrogens is 226 g/mol. The van der Waals surface area contributed by atoms with E-state index in [0.717, 1.165) is 23.3 Å². The van der Waals surface area contributed by atoms with Crippen LogP contribution in [0.5, 0.6) is 11.5 Å². The van der Waals surface area contributed by atoms with Crippen molar-refractivity contribution < 1.29 is 9.47 Å². The zero-order chi connectivity index (χ0) is 12.7. The van der Waals surface area contributed by atoms with Gasteiger partial charge >= 0.3 is 0 Å². The van der Waals surface area contributed by atoms with E-state index in [4.69, 9.17) is 15.2 Å². The van der Waals surface area contributed by atoms with E-state index < -0.39 is 0 Å². The van der Waals surface area contributed by atoms with Gasteiger partial charge in [0.05, 0.1) is 14.2 Å². The lowest BCUT2D eigenvalue weighted by molar-refractivity contribution is 0.352. The molecule has 0 heterocycles. The molecule has 2 N–H and O–H groups in total. The first-order valence-corrected chi connectivity index (χ1v) is 6.70. The highest BCUT2D eigenvalue weighted by Crippen LogP contribution is 2.56. The summed E-state index contributed by atoms with van der Waals surface area (Å²) in [4.78, 5) is 0. The standard InChI is InChI=1S/C15H21NO2/c1-17-13-4-3-9(8-14(13)18-2)15(16)12-6-10-5-11(10)7-12/h3-4,8,10-12,15H,5-7,16H2,1-2H3. The number of hydrogen-bond acceptors (Lipinski definition) is 3. The molecule has 1 aromatic carbocycles. The lowest BCUT2D eigenvalue weighted by atomic mass is 9.90. The van der Waals surface area contributed by atoms with Crippen molar-refractivity contribution in [2.45, 2.75) is 25.3 Å². The maximum atomic E-state index is 6.40. The predicted octanol–water partition coefficient (Wildman–Crippen LogP) is 2.75. The molecule has 3 atom stereocenters. The molecule has 2 saturated carbocycles. The Kier molecular flexibility index (Phi) is 2.94. The van der Waals surface area contributed by atoms with Crippen LogP contribution in [0, 0.1) is 17.8 Å². The topological polar surface area (TPSA) is 44.5 Å². The van der Waals surface area contributed by atoms with Gasteiger partial charge in [-0.1, -0.05) is 6.07 Å². The van der Waals surface area contributed by atoms with Crippen LogP contribution in [0.2, 0.25) is 0 Å². The first-order valence-electron chi connectivity index (χ1n) is 6.70. The second-order valence-corrected chi connectivity index (χ2v) is 5.63. The van der Waals surface area contributed by atoms with Crippen LogP contribution in [0.1, 0.15) is 30.9 Å². The molecule has 0 amide bonds. The third kappa shape index (κ3) is 1.97. The van der Waals surface area contributed by atoms with Gasteiger partial charge in [0.25, 0.3) is 0 Å². The third-order valence-corrected chi connectivity index (χ3v) is 4.58. The zero-order valence-corrected chi connectivity index (χ0v) is 11.1. The molecule has 18 heavy (non-hydrogen) atoms. The Morgan fingerprint density at radius 3 is 2.33 bits per heavy atom. The molecule has 1 aromatic rings. The molecule has 0 radical (unpaired) electrons. The summed E-state index contributed by atoms with van der Waals surface area (Å²) in [6.45, 7) is 0. The number of rotatable bonds is 4. The molecule has 0 spiro atoms. The molecule has 3 unspecified atom stereocenters. The number of nitrogens with two attached hydrogens (primary N) is 1. The normalized spacial score (nSPS) is 30.7. The Bertz CT molecular complexity index is 436. The molecule has 0 aromatic heterocycles. The smallest absolute Gasteiger partial charge is 0.161 e. The van der Waals surface area contributed by atoms with Crippen molar-refractivity contribution in [3.05, 3.63) is 23.8 Å². The van der Waals surface area contributed by atoms with Crippen molar-refractivity contribution in [1.82, 2.24) is 0 Å². The number of methoxy groups -OCH3 is 2. The van der Waals surface area contributed by atoms with Gasteiger partial charge in [-0.3, -0.25) is 0 Å². The molecule has 0 aliphatic heterocycles. The van der Waals surface area contributed by atoms with Crippen LogP contribution in [0.4, 0.5) is 0 Å². The Labute approximate surface area is 108 Å². The first kappa shape index (κ1) is 11.8. The summed E-state index contributed by atoms with van der Waals surface area (Å²) in [5.41, 5.74) is 7.57. The highest BCUT2D eigenvalue weighted by atomic mass is 16.5. The Balaban J connectivity index is 1.78. The highest BCUT2D eigenvalue weighted by Gasteiger charge is 2.47. The fourth-order valence-electron chi connectivity index (χ4n) is 3.39. The van der Waals surface area contributed by atoms with Gasteiger partial charge in [-0.15, -0.1) is 0 Å².